The van der Waals surface area contributed by atoms with Gasteiger partial charge in [-0.05, 0) is 30.3 Å². The first-order valence-corrected chi connectivity index (χ1v) is 6.78. The lowest BCUT2D eigenvalue weighted by Gasteiger charge is -2.27. The van der Waals surface area contributed by atoms with E-state index in [0.717, 1.165) is 0 Å². The molecule has 0 aliphatic carbocycles. The molecule has 0 aliphatic heterocycles. The van der Waals surface area contributed by atoms with E-state index in [9.17, 15) is 9.90 Å². The summed E-state index contributed by atoms with van der Waals surface area (Å²) in [6, 6.07) is 13.0. The Morgan fingerprint density at radius 2 is 1.76 bits per heavy atom. The number of benzene rings is 2. The molecule has 2 aromatic carbocycles. The molecule has 0 aromatic heterocycles. The number of rotatable bonds is 5. The molecule has 1 atom stereocenters. The molecule has 1 N–H and O–H groups in total. The minimum Gasteiger partial charge on any atom is -0.475 e. The summed E-state index contributed by atoms with van der Waals surface area (Å²) in [5, 5.41) is 10.0. The molecular formula is C15H12Cl2O4. The van der Waals surface area contributed by atoms with Crippen LogP contribution in [0.5, 0.6) is 11.5 Å². The number of aliphatic carboxylic acids is 1. The highest BCUT2D eigenvalue weighted by molar-refractivity contribution is 6.35. The van der Waals surface area contributed by atoms with Gasteiger partial charge in [-0.1, -0.05) is 41.4 Å². The van der Waals surface area contributed by atoms with Crippen LogP contribution in [0.3, 0.4) is 0 Å². The fraction of sp³-hybridized carbons (Fsp3) is 0.133. The van der Waals surface area contributed by atoms with E-state index in [-0.39, 0.29) is 10.8 Å². The molecule has 21 heavy (non-hydrogen) atoms. The van der Waals surface area contributed by atoms with E-state index in [0.29, 0.717) is 10.8 Å². The lowest BCUT2D eigenvalue weighted by Crippen LogP contribution is -2.47. The van der Waals surface area contributed by atoms with Crippen LogP contribution in [-0.2, 0) is 4.79 Å². The van der Waals surface area contributed by atoms with Gasteiger partial charge in [-0.2, -0.15) is 0 Å². The van der Waals surface area contributed by atoms with Crippen LogP contribution in [-0.4, -0.2) is 16.9 Å². The summed E-state index contributed by atoms with van der Waals surface area (Å²) in [5.41, 5.74) is 0. The van der Waals surface area contributed by atoms with Crippen molar-refractivity contribution in [3.8, 4) is 11.5 Å². The van der Waals surface area contributed by atoms with Crippen molar-refractivity contribution in [1.82, 2.24) is 0 Å². The lowest BCUT2D eigenvalue weighted by atomic mass is 10.3. The molecule has 0 aliphatic rings. The molecular weight excluding hydrogens is 315 g/mol. The number of carboxylic acid groups (broad SMARTS) is 1. The maximum absolute atomic E-state index is 11.5. The zero-order valence-electron chi connectivity index (χ0n) is 11.0. The molecule has 2 aromatic rings. The Morgan fingerprint density at radius 3 is 2.33 bits per heavy atom. The van der Waals surface area contributed by atoms with E-state index >= 15 is 0 Å². The minimum absolute atomic E-state index is 0.168. The smallest absolute Gasteiger partial charge is 0.390 e. The summed E-state index contributed by atoms with van der Waals surface area (Å²) in [5.74, 6) is -2.66. The van der Waals surface area contributed by atoms with Gasteiger partial charge in [0.1, 0.15) is 11.5 Å². The van der Waals surface area contributed by atoms with Crippen molar-refractivity contribution in [1.29, 1.82) is 0 Å². The summed E-state index contributed by atoms with van der Waals surface area (Å²) in [7, 11) is 0. The SMILES string of the molecule is CC(Oc1ccccc1)(Oc1ccc(Cl)cc1Cl)C(=O)O. The van der Waals surface area contributed by atoms with E-state index in [1.807, 2.05) is 0 Å². The first-order valence-electron chi connectivity index (χ1n) is 6.02. The second-order valence-corrected chi connectivity index (χ2v) is 5.19. The van der Waals surface area contributed by atoms with Crippen LogP contribution in [0.15, 0.2) is 48.5 Å². The maximum atomic E-state index is 11.5. The predicted molar refractivity (Wildman–Crippen MR) is 80.2 cm³/mol. The normalized spacial score (nSPS) is 13.3. The van der Waals surface area contributed by atoms with E-state index < -0.39 is 11.8 Å². The Bertz CT molecular complexity index is 645. The summed E-state index contributed by atoms with van der Waals surface area (Å²) >= 11 is 11.8. The van der Waals surface area contributed by atoms with Gasteiger partial charge in [0.05, 0.1) is 5.02 Å². The summed E-state index contributed by atoms with van der Waals surface area (Å²) in [6.07, 6.45) is 0. The lowest BCUT2D eigenvalue weighted by molar-refractivity contribution is -0.181. The van der Waals surface area contributed by atoms with Crippen molar-refractivity contribution >= 4 is 29.2 Å². The van der Waals surface area contributed by atoms with Crippen molar-refractivity contribution in [3.05, 3.63) is 58.6 Å². The van der Waals surface area contributed by atoms with Crippen LogP contribution in [0.4, 0.5) is 0 Å². The number of hydrogen-bond donors (Lipinski definition) is 1. The van der Waals surface area contributed by atoms with Crippen molar-refractivity contribution in [2.75, 3.05) is 0 Å². The fourth-order valence-corrected chi connectivity index (χ4v) is 2.04. The van der Waals surface area contributed by atoms with E-state index in [2.05, 4.69) is 0 Å². The predicted octanol–water partition coefficient (Wildman–Crippen LogP) is 4.25. The molecule has 0 amide bonds. The highest BCUT2D eigenvalue weighted by Crippen LogP contribution is 2.31. The molecule has 0 bridgehead atoms. The monoisotopic (exact) mass is 326 g/mol. The molecule has 2 rings (SSSR count). The van der Waals surface area contributed by atoms with Crippen LogP contribution in [0.25, 0.3) is 0 Å². The van der Waals surface area contributed by atoms with Gasteiger partial charge in [-0.3, -0.25) is 0 Å². The highest BCUT2D eigenvalue weighted by Gasteiger charge is 2.39. The first-order chi connectivity index (χ1) is 9.90. The number of ether oxygens (including phenoxy) is 2. The maximum Gasteiger partial charge on any atom is 0.390 e. The Kier molecular flexibility index (Phi) is 4.60. The molecule has 0 saturated heterocycles. The van der Waals surface area contributed by atoms with Gasteiger partial charge in [-0.15, -0.1) is 0 Å². The number of halogens is 2. The summed E-state index contributed by atoms with van der Waals surface area (Å²) in [4.78, 5) is 11.5. The fourth-order valence-electron chi connectivity index (χ4n) is 1.59. The molecule has 0 radical (unpaired) electrons. The third kappa shape index (κ3) is 3.80. The van der Waals surface area contributed by atoms with Gasteiger partial charge < -0.3 is 14.6 Å². The van der Waals surface area contributed by atoms with Gasteiger partial charge in [0.15, 0.2) is 0 Å². The zero-order valence-corrected chi connectivity index (χ0v) is 12.6. The van der Waals surface area contributed by atoms with Crippen molar-refractivity contribution in [2.45, 2.75) is 12.7 Å². The quantitative estimate of drug-likeness (QED) is 0.834. The molecule has 0 spiro atoms. The van der Waals surface area contributed by atoms with Crippen molar-refractivity contribution < 1.29 is 19.4 Å². The summed E-state index contributed by atoms with van der Waals surface area (Å²) < 4.78 is 10.9. The van der Waals surface area contributed by atoms with E-state index in [4.69, 9.17) is 32.7 Å². The highest BCUT2D eigenvalue weighted by atomic mass is 35.5. The van der Waals surface area contributed by atoms with Gasteiger partial charge >= 0.3 is 11.8 Å². The van der Waals surface area contributed by atoms with Gasteiger partial charge in [-0.25, -0.2) is 4.79 Å². The van der Waals surface area contributed by atoms with Gasteiger partial charge in [0.2, 0.25) is 0 Å². The Labute approximate surface area is 131 Å². The zero-order chi connectivity index (χ0) is 15.5. The number of carboxylic acids is 1. The third-order valence-corrected chi connectivity index (χ3v) is 3.17. The minimum atomic E-state index is -1.92. The Hall–Kier alpha value is -1.91. The van der Waals surface area contributed by atoms with Crippen molar-refractivity contribution in [2.24, 2.45) is 0 Å². The molecule has 110 valence electrons. The number of carbonyl (C=O) groups is 1. The topological polar surface area (TPSA) is 55.8 Å². The third-order valence-electron chi connectivity index (χ3n) is 2.64. The van der Waals surface area contributed by atoms with Crippen LogP contribution in [0.2, 0.25) is 10.0 Å². The molecule has 1 unspecified atom stereocenters. The molecule has 4 nitrogen and oxygen atoms in total. The van der Waals surface area contributed by atoms with E-state index in [1.165, 1.54) is 19.1 Å². The average Bonchev–Trinajstić information content (AvgIpc) is 2.43. The molecule has 0 heterocycles. The van der Waals surface area contributed by atoms with Gasteiger partial charge in [0, 0.05) is 11.9 Å². The second-order valence-electron chi connectivity index (χ2n) is 4.34. The Morgan fingerprint density at radius 1 is 1.10 bits per heavy atom. The molecule has 6 heteroatoms. The second kappa shape index (κ2) is 6.24. The largest absolute Gasteiger partial charge is 0.475 e. The van der Waals surface area contributed by atoms with Gasteiger partial charge in [0.25, 0.3) is 0 Å². The number of para-hydroxylation sites is 1. The standard InChI is InChI=1S/C15H12Cl2O4/c1-15(14(18)19,20-11-5-3-2-4-6-11)21-13-8-7-10(16)9-12(13)17/h2-9H,1H3,(H,18,19). The van der Waals surface area contributed by atoms with Crippen LogP contribution in [0, 0.1) is 0 Å². The van der Waals surface area contributed by atoms with Crippen LogP contribution < -0.4 is 9.47 Å². The molecule has 0 fully saturated rings. The van der Waals surface area contributed by atoms with Crippen LogP contribution in [0.1, 0.15) is 6.92 Å². The van der Waals surface area contributed by atoms with Crippen molar-refractivity contribution in [3.63, 3.8) is 0 Å². The first kappa shape index (κ1) is 15.5. The van der Waals surface area contributed by atoms with Crippen LogP contribution >= 0.6 is 23.2 Å². The molecule has 0 saturated carbocycles. The Balaban J connectivity index is 2.28. The van der Waals surface area contributed by atoms with E-state index in [1.54, 1.807) is 36.4 Å². The number of hydrogen-bond acceptors (Lipinski definition) is 3. The average molecular weight is 327 g/mol. The summed E-state index contributed by atoms with van der Waals surface area (Å²) in [6.45, 7) is 1.30.